The first-order valence-electron chi connectivity index (χ1n) is 4.71. The van der Waals surface area contributed by atoms with E-state index in [1.54, 1.807) is 39.0 Å². The predicted molar refractivity (Wildman–Crippen MR) is 56.9 cm³/mol. The first-order valence-corrected chi connectivity index (χ1v) is 4.71. The third-order valence-electron chi connectivity index (χ3n) is 1.82. The largest absolute Gasteiger partial charge is 0.493 e. The van der Waals surface area contributed by atoms with Gasteiger partial charge in [-0.3, -0.25) is 4.79 Å². The van der Waals surface area contributed by atoms with Gasteiger partial charge in [0.15, 0.2) is 11.5 Å². The summed E-state index contributed by atoms with van der Waals surface area (Å²) in [5, 5.41) is 0. The van der Waals surface area contributed by atoms with Gasteiger partial charge >= 0.3 is 5.97 Å². The summed E-state index contributed by atoms with van der Waals surface area (Å²) in [5.74, 6) is 0.651. The highest BCUT2D eigenvalue weighted by Crippen LogP contribution is 2.28. The summed E-state index contributed by atoms with van der Waals surface area (Å²) < 4.78 is 10.3. The fourth-order valence-electron chi connectivity index (χ4n) is 0.898. The lowest BCUT2D eigenvalue weighted by atomic mass is 9.97. The van der Waals surface area contributed by atoms with Crippen molar-refractivity contribution in [2.24, 2.45) is 5.41 Å². The number of ether oxygens (including phenoxy) is 2. The molecule has 1 rings (SSSR count). The van der Waals surface area contributed by atoms with E-state index in [4.69, 9.17) is 9.47 Å². The van der Waals surface area contributed by atoms with Crippen molar-refractivity contribution in [3.8, 4) is 11.5 Å². The van der Waals surface area contributed by atoms with Crippen molar-refractivity contribution in [2.75, 3.05) is 7.11 Å². The molecule has 3 nitrogen and oxygen atoms in total. The topological polar surface area (TPSA) is 35.5 Å². The maximum Gasteiger partial charge on any atom is 0.316 e. The number of hydrogen-bond donors (Lipinski definition) is 0. The van der Waals surface area contributed by atoms with Crippen LogP contribution in [0.1, 0.15) is 20.8 Å². The second-order valence-electron chi connectivity index (χ2n) is 4.22. The smallest absolute Gasteiger partial charge is 0.316 e. The van der Waals surface area contributed by atoms with Gasteiger partial charge in [-0.15, -0.1) is 0 Å². The number of esters is 1. The highest BCUT2D eigenvalue weighted by Gasteiger charge is 2.24. The molecule has 0 aliphatic rings. The number of hydrogen-bond acceptors (Lipinski definition) is 3. The highest BCUT2D eigenvalue weighted by atomic mass is 16.6. The van der Waals surface area contributed by atoms with E-state index in [0.29, 0.717) is 11.5 Å². The van der Waals surface area contributed by atoms with Gasteiger partial charge in [0.05, 0.1) is 12.5 Å². The highest BCUT2D eigenvalue weighted by molar-refractivity contribution is 5.78. The lowest BCUT2D eigenvalue weighted by molar-refractivity contribution is -0.143. The summed E-state index contributed by atoms with van der Waals surface area (Å²) >= 11 is 0. The Balaban J connectivity index is 2.85. The first kappa shape index (κ1) is 11.6. The Morgan fingerprint density at radius 2 is 2.00 bits per heavy atom. The lowest BCUT2D eigenvalue weighted by Crippen LogP contribution is -2.25. The molecule has 0 saturated heterocycles. The van der Waals surface area contributed by atoms with E-state index in [1.165, 1.54) is 7.11 Å². The quantitative estimate of drug-likeness (QED) is 0.552. The molecule has 0 amide bonds. The van der Waals surface area contributed by atoms with Crippen molar-refractivity contribution < 1.29 is 14.3 Å². The number of rotatable bonds is 2. The molecule has 0 saturated carbocycles. The third-order valence-corrected chi connectivity index (χ3v) is 1.82. The van der Waals surface area contributed by atoms with Gasteiger partial charge < -0.3 is 9.47 Å². The fraction of sp³-hybridized carbons (Fsp3) is 0.417. The van der Waals surface area contributed by atoms with Gasteiger partial charge in [-0.25, -0.2) is 0 Å². The van der Waals surface area contributed by atoms with Crippen molar-refractivity contribution >= 4 is 5.97 Å². The Morgan fingerprint density at radius 3 is 2.53 bits per heavy atom. The number of carbonyl (C=O) groups is 1. The minimum Gasteiger partial charge on any atom is -0.493 e. The van der Waals surface area contributed by atoms with Crippen LogP contribution in [0.5, 0.6) is 11.5 Å². The van der Waals surface area contributed by atoms with Gasteiger partial charge in [0.1, 0.15) is 0 Å². The average Bonchev–Trinajstić information content (AvgIpc) is 2.17. The molecule has 1 aromatic carbocycles. The Hall–Kier alpha value is -1.51. The van der Waals surface area contributed by atoms with Gasteiger partial charge in [-0.2, -0.15) is 0 Å². The average molecular weight is 207 g/mol. The Morgan fingerprint density at radius 1 is 1.33 bits per heavy atom. The Kier molecular flexibility index (Phi) is 3.35. The van der Waals surface area contributed by atoms with Gasteiger partial charge in [0, 0.05) is 0 Å². The summed E-state index contributed by atoms with van der Waals surface area (Å²) in [6, 6.07) is 7.81. The summed E-state index contributed by atoms with van der Waals surface area (Å²) in [6.07, 6.45) is 0. The number of benzene rings is 1. The SMILES string of the molecule is COc1c[c]ccc1OC(=O)C(C)(C)C. The van der Waals surface area contributed by atoms with Crippen molar-refractivity contribution in [3.63, 3.8) is 0 Å². The van der Waals surface area contributed by atoms with E-state index >= 15 is 0 Å². The number of methoxy groups -OCH3 is 1. The van der Waals surface area contributed by atoms with Crippen LogP contribution in [0.2, 0.25) is 0 Å². The minimum atomic E-state index is -0.523. The predicted octanol–water partition coefficient (Wildman–Crippen LogP) is 2.45. The van der Waals surface area contributed by atoms with E-state index < -0.39 is 5.41 Å². The lowest BCUT2D eigenvalue weighted by Gasteiger charge is -2.17. The molecule has 0 unspecified atom stereocenters. The van der Waals surface area contributed by atoms with E-state index in [-0.39, 0.29) is 5.97 Å². The van der Waals surface area contributed by atoms with Crippen LogP contribution in [-0.4, -0.2) is 13.1 Å². The molecule has 0 N–H and O–H groups in total. The van der Waals surface area contributed by atoms with Crippen LogP contribution in [0.15, 0.2) is 18.2 Å². The molecule has 0 bridgehead atoms. The third kappa shape index (κ3) is 2.98. The molecule has 0 aliphatic heterocycles. The maximum absolute atomic E-state index is 11.6. The molecule has 1 aromatic rings. The summed E-state index contributed by atoms with van der Waals surface area (Å²) in [7, 11) is 1.53. The van der Waals surface area contributed by atoms with Crippen LogP contribution < -0.4 is 9.47 Å². The molecule has 0 aliphatic carbocycles. The van der Waals surface area contributed by atoms with Gasteiger partial charge in [-0.1, -0.05) is 6.07 Å². The van der Waals surface area contributed by atoms with E-state index in [9.17, 15) is 4.79 Å². The first-order chi connectivity index (χ1) is 6.95. The van der Waals surface area contributed by atoms with E-state index in [0.717, 1.165) is 0 Å². The van der Waals surface area contributed by atoms with E-state index in [2.05, 4.69) is 6.07 Å². The summed E-state index contributed by atoms with van der Waals surface area (Å²) in [4.78, 5) is 11.6. The Bertz CT molecular complexity index is 350. The molecule has 0 heterocycles. The fourth-order valence-corrected chi connectivity index (χ4v) is 0.898. The van der Waals surface area contributed by atoms with Gasteiger partial charge in [0.2, 0.25) is 0 Å². The van der Waals surface area contributed by atoms with Crippen LogP contribution in [0.25, 0.3) is 0 Å². The molecule has 0 aromatic heterocycles. The Labute approximate surface area is 90.0 Å². The van der Waals surface area contributed by atoms with Crippen molar-refractivity contribution in [3.05, 3.63) is 24.3 Å². The molecule has 81 valence electrons. The maximum atomic E-state index is 11.6. The van der Waals surface area contributed by atoms with Crippen LogP contribution in [0.4, 0.5) is 0 Å². The molecular formula is C12H15O3. The van der Waals surface area contributed by atoms with Crippen molar-refractivity contribution in [2.45, 2.75) is 20.8 Å². The zero-order valence-electron chi connectivity index (χ0n) is 9.46. The molecule has 3 heteroatoms. The molecule has 15 heavy (non-hydrogen) atoms. The second kappa shape index (κ2) is 4.34. The van der Waals surface area contributed by atoms with Gasteiger partial charge in [0.25, 0.3) is 0 Å². The van der Waals surface area contributed by atoms with E-state index in [1.807, 2.05) is 0 Å². The molecule has 0 fully saturated rings. The van der Waals surface area contributed by atoms with Gasteiger partial charge in [-0.05, 0) is 39.0 Å². The molecule has 0 atom stereocenters. The normalized spacial score (nSPS) is 10.9. The van der Waals surface area contributed by atoms with Crippen molar-refractivity contribution in [1.29, 1.82) is 0 Å². The summed E-state index contributed by atoms with van der Waals surface area (Å²) in [6.45, 7) is 5.41. The molecule has 1 radical (unpaired) electrons. The van der Waals surface area contributed by atoms with Crippen LogP contribution in [-0.2, 0) is 4.79 Å². The van der Waals surface area contributed by atoms with Crippen molar-refractivity contribution in [1.82, 2.24) is 0 Å². The van der Waals surface area contributed by atoms with Crippen LogP contribution in [0.3, 0.4) is 0 Å². The standard InChI is InChI=1S/C12H15O3/c1-12(2,3)11(13)15-10-8-6-5-7-9(10)14-4/h6-8H,1-4H3. The molecule has 0 spiro atoms. The summed E-state index contributed by atoms with van der Waals surface area (Å²) in [5.41, 5.74) is -0.523. The molecular weight excluding hydrogens is 192 g/mol. The van der Waals surface area contributed by atoms with Crippen LogP contribution in [0, 0.1) is 11.5 Å². The number of carbonyl (C=O) groups excluding carboxylic acids is 1. The zero-order chi connectivity index (χ0) is 11.5. The van der Waals surface area contributed by atoms with Crippen LogP contribution >= 0.6 is 0 Å². The minimum absolute atomic E-state index is 0.285. The second-order valence-corrected chi connectivity index (χ2v) is 4.22. The zero-order valence-corrected chi connectivity index (χ0v) is 9.46. The monoisotopic (exact) mass is 207 g/mol.